The molecule has 126 valence electrons. The summed E-state index contributed by atoms with van der Waals surface area (Å²) < 4.78 is 5.14. The molecular weight excluding hydrogens is 308 g/mol. The van der Waals surface area contributed by atoms with Crippen molar-refractivity contribution >= 4 is 11.9 Å². The van der Waals surface area contributed by atoms with Crippen molar-refractivity contribution in [2.75, 3.05) is 6.54 Å². The molecule has 1 atom stereocenters. The Balaban J connectivity index is 1.72. The summed E-state index contributed by atoms with van der Waals surface area (Å²) in [5.41, 5.74) is 7.36. The fourth-order valence-electron chi connectivity index (χ4n) is 2.98. The maximum Gasteiger partial charge on any atom is 0.312 e. The van der Waals surface area contributed by atoms with E-state index in [0.29, 0.717) is 18.7 Å². The van der Waals surface area contributed by atoms with Crippen molar-refractivity contribution in [1.82, 2.24) is 15.4 Å². The third-order valence-electron chi connectivity index (χ3n) is 4.17. The first kappa shape index (κ1) is 16.0. The van der Waals surface area contributed by atoms with Crippen LogP contribution in [0, 0.1) is 6.92 Å². The van der Waals surface area contributed by atoms with E-state index in [0.717, 1.165) is 29.9 Å². The summed E-state index contributed by atoms with van der Waals surface area (Å²) in [6, 6.07) is 8.44. The van der Waals surface area contributed by atoms with Crippen LogP contribution in [0.1, 0.15) is 46.3 Å². The lowest BCUT2D eigenvalue weighted by molar-refractivity contribution is 0.0731. The molecule has 2 heterocycles. The van der Waals surface area contributed by atoms with Crippen molar-refractivity contribution in [2.24, 2.45) is 5.73 Å². The highest BCUT2D eigenvalue weighted by Crippen LogP contribution is 2.32. The lowest BCUT2D eigenvalue weighted by atomic mass is 10.1. The van der Waals surface area contributed by atoms with E-state index in [-0.39, 0.29) is 11.9 Å². The molecule has 1 saturated heterocycles. The number of carbonyl (C=O) groups excluding carboxylic acids is 2. The molecule has 1 aromatic carbocycles. The number of hydrogen-bond donors (Lipinski definition) is 2. The minimum absolute atomic E-state index is 0.0208. The molecule has 0 radical (unpaired) electrons. The molecule has 0 aliphatic carbocycles. The van der Waals surface area contributed by atoms with E-state index in [1.807, 2.05) is 30.0 Å². The van der Waals surface area contributed by atoms with E-state index in [2.05, 4.69) is 10.5 Å². The largest absolute Gasteiger partial charge is 0.361 e. The first-order valence-corrected chi connectivity index (χ1v) is 7.91. The number of amides is 3. The number of carbonyl (C=O) groups is 2. The topological polar surface area (TPSA) is 101 Å². The number of aryl methyl sites for hydroxylation is 1. The molecule has 0 bridgehead atoms. The number of aromatic nitrogens is 1. The third kappa shape index (κ3) is 3.40. The van der Waals surface area contributed by atoms with Crippen molar-refractivity contribution in [1.29, 1.82) is 0 Å². The van der Waals surface area contributed by atoms with Gasteiger partial charge < -0.3 is 20.5 Å². The van der Waals surface area contributed by atoms with Crippen LogP contribution >= 0.6 is 0 Å². The lowest BCUT2D eigenvalue weighted by Gasteiger charge is -2.23. The zero-order valence-electron chi connectivity index (χ0n) is 13.5. The molecule has 0 saturated carbocycles. The summed E-state index contributed by atoms with van der Waals surface area (Å²) in [5, 5.41) is 6.58. The maximum absolute atomic E-state index is 12.8. The smallest absolute Gasteiger partial charge is 0.312 e. The maximum atomic E-state index is 12.8. The van der Waals surface area contributed by atoms with Crippen LogP contribution in [0.5, 0.6) is 0 Å². The number of likely N-dealkylation sites (tertiary alicyclic amines) is 1. The average molecular weight is 328 g/mol. The van der Waals surface area contributed by atoms with E-state index in [1.165, 1.54) is 0 Å². The Hall–Kier alpha value is -2.83. The first-order valence-electron chi connectivity index (χ1n) is 7.91. The predicted molar refractivity (Wildman–Crippen MR) is 87.1 cm³/mol. The molecule has 1 aliphatic heterocycles. The van der Waals surface area contributed by atoms with Crippen LogP contribution in [-0.2, 0) is 6.54 Å². The Labute approximate surface area is 139 Å². The normalized spacial score (nSPS) is 17.0. The minimum Gasteiger partial charge on any atom is -0.361 e. The fourth-order valence-corrected chi connectivity index (χ4v) is 2.98. The Kier molecular flexibility index (Phi) is 4.50. The number of primary amides is 1. The van der Waals surface area contributed by atoms with Crippen LogP contribution in [0.3, 0.4) is 0 Å². The molecule has 0 unspecified atom stereocenters. The van der Waals surface area contributed by atoms with Gasteiger partial charge in [0.05, 0.1) is 6.04 Å². The first-order chi connectivity index (χ1) is 11.5. The summed E-state index contributed by atoms with van der Waals surface area (Å²) >= 11 is 0. The van der Waals surface area contributed by atoms with Gasteiger partial charge in [0.2, 0.25) is 0 Å². The molecular formula is C17H20N4O3. The van der Waals surface area contributed by atoms with Gasteiger partial charge in [-0.25, -0.2) is 4.79 Å². The highest BCUT2D eigenvalue weighted by molar-refractivity contribution is 5.94. The molecule has 0 spiro atoms. The number of urea groups is 1. The quantitative estimate of drug-likeness (QED) is 0.897. The molecule has 1 aromatic heterocycles. The van der Waals surface area contributed by atoms with Crippen molar-refractivity contribution < 1.29 is 14.1 Å². The van der Waals surface area contributed by atoms with Crippen molar-refractivity contribution in [3.05, 3.63) is 52.9 Å². The molecule has 1 fully saturated rings. The number of rotatable bonds is 4. The highest BCUT2D eigenvalue weighted by atomic mass is 16.5. The van der Waals surface area contributed by atoms with Crippen LogP contribution in [0.2, 0.25) is 0 Å². The van der Waals surface area contributed by atoms with Crippen molar-refractivity contribution in [3.63, 3.8) is 0 Å². The highest BCUT2D eigenvalue weighted by Gasteiger charge is 2.32. The molecule has 7 nitrogen and oxygen atoms in total. The van der Waals surface area contributed by atoms with Crippen LogP contribution in [-0.4, -0.2) is 28.5 Å². The van der Waals surface area contributed by atoms with Gasteiger partial charge in [0.1, 0.15) is 11.5 Å². The number of nitrogens with two attached hydrogens (primary N) is 1. The molecule has 3 amide bonds. The van der Waals surface area contributed by atoms with Crippen LogP contribution in [0.25, 0.3) is 0 Å². The summed E-state index contributed by atoms with van der Waals surface area (Å²) in [6.45, 7) is 2.89. The van der Waals surface area contributed by atoms with Crippen molar-refractivity contribution in [2.45, 2.75) is 32.4 Å². The summed E-state index contributed by atoms with van der Waals surface area (Å²) in [5.74, 6) is 0.725. The fraction of sp³-hybridized carbons (Fsp3) is 0.353. The van der Waals surface area contributed by atoms with Gasteiger partial charge in [-0.3, -0.25) is 4.79 Å². The minimum atomic E-state index is -0.571. The Morgan fingerprint density at radius 2 is 2.12 bits per heavy atom. The van der Waals surface area contributed by atoms with Crippen molar-refractivity contribution in [3.8, 4) is 0 Å². The molecule has 2 aromatic rings. The van der Waals surface area contributed by atoms with Crippen LogP contribution in [0.15, 0.2) is 34.9 Å². The number of nitrogens with one attached hydrogen (secondary N) is 1. The number of nitrogens with zero attached hydrogens (tertiary/aromatic N) is 2. The predicted octanol–water partition coefficient (Wildman–Crippen LogP) is 2.13. The van der Waals surface area contributed by atoms with Gasteiger partial charge in [0.15, 0.2) is 0 Å². The second-order valence-electron chi connectivity index (χ2n) is 5.93. The zero-order valence-corrected chi connectivity index (χ0v) is 13.5. The van der Waals surface area contributed by atoms with Gasteiger partial charge in [0.25, 0.3) is 5.91 Å². The van der Waals surface area contributed by atoms with Gasteiger partial charge in [-0.2, -0.15) is 0 Å². The summed E-state index contributed by atoms with van der Waals surface area (Å²) in [6.07, 6.45) is 1.83. The Morgan fingerprint density at radius 1 is 1.38 bits per heavy atom. The van der Waals surface area contributed by atoms with Gasteiger partial charge in [-0.1, -0.05) is 17.3 Å². The number of benzene rings is 1. The van der Waals surface area contributed by atoms with E-state index in [4.69, 9.17) is 10.3 Å². The zero-order chi connectivity index (χ0) is 17.1. The molecule has 3 N–H and O–H groups in total. The molecule has 3 rings (SSSR count). The summed E-state index contributed by atoms with van der Waals surface area (Å²) in [4.78, 5) is 25.4. The molecule has 7 heteroatoms. The van der Waals surface area contributed by atoms with E-state index in [1.54, 1.807) is 12.1 Å². The second-order valence-corrected chi connectivity index (χ2v) is 5.93. The molecule has 1 aliphatic rings. The van der Waals surface area contributed by atoms with Gasteiger partial charge in [0, 0.05) is 24.7 Å². The molecule has 24 heavy (non-hydrogen) atoms. The number of hydrogen-bond acceptors (Lipinski definition) is 4. The standard InChI is InChI=1S/C17H20N4O3/c1-11-9-14(20-24-11)15-3-2-8-21(15)16(22)13-6-4-12(5-7-13)10-19-17(18)23/h4-7,9,15H,2-3,8,10H2,1H3,(H3,18,19,23)/t15-/m0/s1. The van der Waals surface area contributed by atoms with Crippen LogP contribution < -0.4 is 11.1 Å². The summed E-state index contributed by atoms with van der Waals surface area (Å²) in [7, 11) is 0. The average Bonchev–Trinajstić information content (AvgIpc) is 3.21. The Morgan fingerprint density at radius 3 is 2.75 bits per heavy atom. The second kappa shape index (κ2) is 6.74. The van der Waals surface area contributed by atoms with E-state index in [9.17, 15) is 9.59 Å². The van der Waals surface area contributed by atoms with Gasteiger partial charge in [-0.15, -0.1) is 0 Å². The SMILES string of the molecule is Cc1cc([C@@H]2CCCN2C(=O)c2ccc(CNC(N)=O)cc2)no1. The third-order valence-corrected chi connectivity index (χ3v) is 4.17. The lowest BCUT2D eigenvalue weighted by Crippen LogP contribution is -2.31. The van der Waals surface area contributed by atoms with Crippen LogP contribution in [0.4, 0.5) is 4.79 Å². The Bertz CT molecular complexity index is 739. The van der Waals surface area contributed by atoms with Gasteiger partial charge in [-0.05, 0) is 37.5 Å². The van der Waals surface area contributed by atoms with E-state index < -0.39 is 6.03 Å². The monoisotopic (exact) mass is 328 g/mol. The van der Waals surface area contributed by atoms with E-state index >= 15 is 0 Å². The van der Waals surface area contributed by atoms with Gasteiger partial charge >= 0.3 is 6.03 Å².